The number of aromatic amines is 1. The highest BCUT2D eigenvalue weighted by Gasteiger charge is 2.44. The van der Waals surface area contributed by atoms with E-state index < -0.39 is 70.9 Å². The Morgan fingerprint density at radius 1 is 1.00 bits per heavy atom. The van der Waals surface area contributed by atoms with Gasteiger partial charge in [-0.3, -0.25) is 27.8 Å². The average molecular weight is 585 g/mol. The van der Waals surface area contributed by atoms with Crippen molar-refractivity contribution in [2.45, 2.75) is 31.5 Å². The van der Waals surface area contributed by atoms with Gasteiger partial charge in [-0.1, -0.05) is 0 Å². The number of nitrogens with one attached hydrogen (secondary N) is 1. The first-order chi connectivity index (χ1) is 17.1. The lowest BCUT2D eigenvalue weighted by Crippen LogP contribution is -2.37. The number of phosphoric ester groups is 1. The number of nitrogens with zero attached hydrogens (tertiary/aromatic N) is 1. The van der Waals surface area contributed by atoms with E-state index in [9.17, 15) is 48.2 Å². The van der Waals surface area contributed by atoms with Crippen molar-refractivity contribution in [1.29, 1.82) is 0 Å². The maximum absolute atomic E-state index is 12.2. The monoisotopic (exact) mass is 585 g/mol. The number of rotatable bonds is 11. The summed E-state index contributed by atoms with van der Waals surface area (Å²) in [6.45, 7) is 0.834. The highest BCUT2D eigenvalue weighted by molar-refractivity contribution is 7.70. The molecule has 0 aliphatic carbocycles. The lowest BCUT2D eigenvalue weighted by atomic mass is 10.1. The van der Waals surface area contributed by atoms with Crippen LogP contribution in [0.4, 0.5) is 0 Å². The minimum atomic E-state index is -6.07. The van der Waals surface area contributed by atoms with Crippen LogP contribution < -0.4 is 36.0 Å². The molecule has 20 heteroatoms. The number of ether oxygens (including phenoxy) is 2. The molecule has 0 amide bonds. The molecule has 1 aliphatic heterocycles. The van der Waals surface area contributed by atoms with E-state index in [1.807, 2.05) is 4.98 Å². The first kappa shape index (κ1) is 29.6. The Balaban J connectivity index is 1.63. The first-order valence-electron chi connectivity index (χ1n) is 10.2. The number of benzene rings is 1. The summed E-state index contributed by atoms with van der Waals surface area (Å²) in [5, 5.41) is 19.6. The Morgan fingerprint density at radius 3 is 2.24 bits per heavy atom. The largest absolute Gasteiger partial charge is 0.775 e. The van der Waals surface area contributed by atoms with E-state index in [0.29, 0.717) is 4.57 Å². The van der Waals surface area contributed by atoms with Gasteiger partial charge in [0.2, 0.25) is 0 Å². The van der Waals surface area contributed by atoms with Gasteiger partial charge in [0.1, 0.15) is 24.1 Å². The molecule has 3 rings (SSSR count). The van der Waals surface area contributed by atoms with E-state index >= 15 is 0 Å². The Morgan fingerprint density at radius 2 is 1.65 bits per heavy atom. The number of aliphatic hydroxyl groups excluding tert-OH is 2. The van der Waals surface area contributed by atoms with Crippen molar-refractivity contribution >= 4 is 28.5 Å². The molecule has 206 valence electrons. The molecule has 1 aromatic heterocycles. The Bertz CT molecular complexity index is 1360. The third-order valence-corrected chi connectivity index (χ3v) is 9.39. The molecule has 3 N–H and O–H groups in total. The van der Waals surface area contributed by atoms with Crippen molar-refractivity contribution in [3.63, 3.8) is 0 Å². The number of aromatic nitrogens is 2. The molecule has 2 aromatic rings. The minimum Gasteiger partial charge on any atom is -0.775 e. The molecule has 1 fully saturated rings. The molecular formula is C17H20N2O15P3-3. The van der Waals surface area contributed by atoms with E-state index in [1.165, 1.54) is 12.1 Å². The number of hydrogen-bond donors (Lipinski definition) is 3. The summed E-state index contributed by atoms with van der Waals surface area (Å²) in [6.07, 6.45) is -5.89. The summed E-state index contributed by atoms with van der Waals surface area (Å²) in [6, 6.07) is 5.25. The topological polar surface area (TPSA) is 262 Å². The molecule has 4 unspecified atom stereocenters. The zero-order valence-electron chi connectivity index (χ0n) is 18.7. The van der Waals surface area contributed by atoms with Gasteiger partial charge in [0.25, 0.3) is 21.2 Å². The molecule has 1 saturated heterocycles. The SMILES string of the molecule is CCOc1ccc(P(=O)([O-])OP(=O)([O-])OP(=O)([O-])OC[C@H]2O[C@@H](n3ccc(=O)[nH]c3=O)C(O)[C@H]2O)cc1. The zero-order chi connectivity index (χ0) is 27.6. The van der Waals surface area contributed by atoms with Crippen LogP contribution in [0.3, 0.4) is 0 Å². The number of phosphoric acid groups is 2. The van der Waals surface area contributed by atoms with Gasteiger partial charge in [-0.2, -0.15) is 0 Å². The summed E-state index contributed by atoms with van der Waals surface area (Å²) in [7, 11) is -17.3. The Labute approximate surface area is 207 Å². The highest BCUT2D eigenvalue weighted by atomic mass is 31.3. The second-order valence-corrected chi connectivity index (χ2v) is 12.2. The predicted molar refractivity (Wildman–Crippen MR) is 115 cm³/mol. The van der Waals surface area contributed by atoms with Crippen LogP contribution in [0, 0.1) is 0 Å². The standard InChI is InChI=1S/C17H23N2O15P3/c1-2-30-10-3-5-11(6-4-10)35(24,25)33-37(28,29)34-36(26,27)31-9-12-14(21)15(22)16(32-12)19-8-7-13(20)18-17(19)23/h3-8,12,14-16,21-22H,2,9H2,1H3,(H,24,25)(H,26,27)(H,28,29)(H,18,20,23)/p-3/t12-,14+,15?,16-/m1/s1. The van der Waals surface area contributed by atoms with Crippen molar-refractivity contribution in [1.82, 2.24) is 9.55 Å². The van der Waals surface area contributed by atoms with Crippen LogP contribution in [0.25, 0.3) is 0 Å². The van der Waals surface area contributed by atoms with Gasteiger partial charge in [-0.25, -0.2) is 9.11 Å². The minimum absolute atomic E-state index is 0.277. The summed E-state index contributed by atoms with van der Waals surface area (Å²) in [5.41, 5.74) is -1.77. The second-order valence-electron chi connectivity index (χ2n) is 7.34. The molecule has 0 bridgehead atoms. The lowest BCUT2D eigenvalue weighted by Gasteiger charge is -2.35. The highest BCUT2D eigenvalue weighted by Crippen LogP contribution is 2.62. The molecule has 0 saturated carbocycles. The average Bonchev–Trinajstić information content (AvgIpc) is 3.05. The van der Waals surface area contributed by atoms with Crippen LogP contribution in [0.1, 0.15) is 13.2 Å². The summed E-state index contributed by atoms with van der Waals surface area (Å²) >= 11 is 0. The van der Waals surface area contributed by atoms with Crippen molar-refractivity contribution in [3.8, 4) is 5.75 Å². The Kier molecular flexibility index (Phi) is 9.13. The Hall–Kier alpha value is -1.97. The lowest BCUT2D eigenvalue weighted by molar-refractivity contribution is -0.245. The zero-order valence-corrected chi connectivity index (χ0v) is 21.4. The molecule has 2 heterocycles. The summed E-state index contributed by atoms with van der Waals surface area (Å²) < 4.78 is 59.3. The molecule has 17 nitrogen and oxygen atoms in total. The third-order valence-electron chi connectivity index (χ3n) is 4.73. The van der Waals surface area contributed by atoms with E-state index in [4.69, 9.17) is 9.47 Å². The van der Waals surface area contributed by atoms with Crippen LogP contribution in [-0.2, 0) is 31.6 Å². The van der Waals surface area contributed by atoms with E-state index in [0.717, 1.165) is 24.4 Å². The summed E-state index contributed by atoms with van der Waals surface area (Å²) in [4.78, 5) is 61.1. The number of H-pyrrole nitrogens is 1. The van der Waals surface area contributed by atoms with Gasteiger partial charge in [-0.15, -0.1) is 0 Å². The molecule has 7 atom stereocenters. The number of aliphatic hydroxyl groups is 2. The van der Waals surface area contributed by atoms with Crippen LogP contribution in [-0.4, -0.2) is 51.3 Å². The molecule has 1 aliphatic rings. The fourth-order valence-corrected chi connectivity index (χ4v) is 6.95. The van der Waals surface area contributed by atoms with Gasteiger partial charge < -0.3 is 43.5 Å². The molecule has 37 heavy (non-hydrogen) atoms. The van der Waals surface area contributed by atoms with Gasteiger partial charge in [0.15, 0.2) is 13.8 Å². The van der Waals surface area contributed by atoms with Gasteiger partial charge >= 0.3 is 5.69 Å². The van der Waals surface area contributed by atoms with Crippen molar-refractivity contribution in [2.75, 3.05) is 13.2 Å². The second kappa shape index (κ2) is 11.4. The third kappa shape index (κ3) is 7.54. The van der Waals surface area contributed by atoms with Crippen molar-refractivity contribution in [2.24, 2.45) is 0 Å². The summed E-state index contributed by atoms with van der Waals surface area (Å²) in [5.74, 6) is 0.277. The molecule has 0 spiro atoms. The maximum Gasteiger partial charge on any atom is 0.330 e. The van der Waals surface area contributed by atoms with E-state index in [-0.39, 0.29) is 12.4 Å². The molecule has 1 aromatic carbocycles. The van der Waals surface area contributed by atoms with Crippen LogP contribution in [0.2, 0.25) is 0 Å². The molecule has 0 radical (unpaired) electrons. The fourth-order valence-electron chi connectivity index (χ4n) is 3.12. The first-order valence-corrected chi connectivity index (χ1v) is 14.7. The van der Waals surface area contributed by atoms with Gasteiger partial charge in [0.05, 0.1) is 13.2 Å². The smallest absolute Gasteiger partial charge is 0.330 e. The quantitative estimate of drug-likeness (QED) is 0.229. The van der Waals surface area contributed by atoms with Crippen LogP contribution >= 0.6 is 23.2 Å². The maximum atomic E-state index is 12.2. The normalized spacial score (nSPS) is 26.6. The fraction of sp³-hybridized carbons (Fsp3) is 0.412. The van der Waals surface area contributed by atoms with Gasteiger partial charge in [0, 0.05) is 17.6 Å². The predicted octanol–water partition coefficient (Wildman–Crippen LogP) is -2.58. The molecular weight excluding hydrogens is 565 g/mol. The van der Waals surface area contributed by atoms with Crippen molar-refractivity contribution < 1.29 is 61.2 Å². The van der Waals surface area contributed by atoms with E-state index in [2.05, 4.69) is 13.1 Å². The van der Waals surface area contributed by atoms with Crippen LogP contribution in [0.15, 0.2) is 46.1 Å². The van der Waals surface area contributed by atoms with Gasteiger partial charge in [-0.05, 0) is 31.2 Å². The number of hydrogen-bond acceptors (Lipinski definition) is 15. The van der Waals surface area contributed by atoms with Crippen molar-refractivity contribution in [3.05, 3.63) is 57.4 Å². The van der Waals surface area contributed by atoms with E-state index in [1.54, 1.807) is 6.92 Å². The van der Waals surface area contributed by atoms with Crippen LogP contribution in [0.5, 0.6) is 5.75 Å².